The van der Waals surface area contributed by atoms with Crippen molar-refractivity contribution in [3.8, 4) is 11.4 Å². The van der Waals surface area contributed by atoms with Crippen LogP contribution in [0.15, 0.2) is 133 Å². The van der Waals surface area contributed by atoms with Gasteiger partial charge in [0.05, 0.1) is 22.1 Å². The lowest BCUT2D eigenvalue weighted by molar-refractivity contribution is 1.04. The molecule has 0 radical (unpaired) electrons. The van der Waals surface area contributed by atoms with Gasteiger partial charge < -0.3 is 9.13 Å². The maximum Gasteiger partial charge on any atom is 0.0788 e. The Bertz CT molecular complexity index is 2050. The van der Waals surface area contributed by atoms with E-state index in [-0.39, 0.29) is 0 Å². The predicted molar refractivity (Wildman–Crippen MR) is 161 cm³/mol. The number of aromatic nitrogens is 2. The van der Waals surface area contributed by atoms with Crippen LogP contribution in [0.1, 0.15) is 18.4 Å². The van der Waals surface area contributed by atoms with Crippen LogP contribution in [0.5, 0.6) is 0 Å². The van der Waals surface area contributed by atoms with Crippen molar-refractivity contribution in [3.05, 3.63) is 139 Å². The van der Waals surface area contributed by atoms with Crippen LogP contribution >= 0.6 is 0 Å². The summed E-state index contributed by atoms with van der Waals surface area (Å²) in [4.78, 5) is 0. The number of hydrogen-bond donors (Lipinski definition) is 0. The highest BCUT2D eigenvalue weighted by molar-refractivity contribution is 6.23. The second-order valence-corrected chi connectivity index (χ2v) is 10.1. The molecule has 2 nitrogen and oxygen atoms in total. The van der Waals surface area contributed by atoms with Gasteiger partial charge in [0.1, 0.15) is 0 Å². The fourth-order valence-corrected chi connectivity index (χ4v) is 6.24. The third-order valence-corrected chi connectivity index (χ3v) is 7.94. The average Bonchev–Trinajstić information content (AvgIpc) is 3.51. The zero-order valence-corrected chi connectivity index (χ0v) is 21.0. The highest BCUT2D eigenvalue weighted by atomic mass is 15.0. The Morgan fingerprint density at radius 1 is 0.447 bits per heavy atom. The molecule has 0 aliphatic heterocycles. The highest BCUT2D eigenvalue weighted by Crippen LogP contribution is 2.41. The summed E-state index contributed by atoms with van der Waals surface area (Å²) in [5, 5.41) is 5.10. The quantitative estimate of drug-likeness (QED) is 0.235. The SMILES string of the molecule is C1=CC(c2ccc(-n3c4ccccc4c4ccc5c6ccccc6n(-c6ccccc6)c5c43)cc2)=CCC1. The van der Waals surface area contributed by atoms with E-state index in [2.05, 4.69) is 143 Å². The highest BCUT2D eigenvalue weighted by Gasteiger charge is 2.20. The van der Waals surface area contributed by atoms with Crippen molar-refractivity contribution in [1.29, 1.82) is 0 Å². The van der Waals surface area contributed by atoms with E-state index in [1.807, 2.05) is 0 Å². The monoisotopic (exact) mass is 486 g/mol. The van der Waals surface area contributed by atoms with Gasteiger partial charge in [-0.05, 0) is 60.4 Å². The summed E-state index contributed by atoms with van der Waals surface area (Å²) in [7, 11) is 0. The molecule has 0 N–H and O–H groups in total. The zero-order valence-electron chi connectivity index (χ0n) is 21.0. The Kier molecular flexibility index (Phi) is 4.68. The van der Waals surface area contributed by atoms with Crippen molar-refractivity contribution < 1.29 is 0 Å². The fraction of sp³-hybridized carbons (Fsp3) is 0.0556. The van der Waals surface area contributed by atoms with Crippen molar-refractivity contribution >= 4 is 49.2 Å². The van der Waals surface area contributed by atoms with Gasteiger partial charge in [-0.1, -0.05) is 97.1 Å². The molecule has 180 valence electrons. The minimum atomic E-state index is 1.11. The topological polar surface area (TPSA) is 9.86 Å². The van der Waals surface area contributed by atoms with Gasteiger partial charge >= 0.3 is 0 Å². The Morgan fingerprint density at radius 3 is 1.58 bits per heavy atom. The summed E-state index contributed by atoms with van der Waals surface area (Å²) in [6.45, 7) is 0. The molecule has 8 rings (SSSR count). The van der Waals surface area contributed by atoms with Crippen LogP contribution in [0.25, 0.3) is 60.6 Å². The van der Waals surface area contributed by atoms with Gasteiger partial charge in [-0.3, -0.25) is 0 Å². The lowest BCUT2D eigenvalue weighted by Crippen LogP contribution is -1.99. The van der Waals surface area contributed by atoms with E-state index < -0.39 is 0 Å². The molecule has 0 saturated heterocycles. The molecule has 0 spiro atoms. The normalized spacial score (nSPS) is 13.6. The molecule has 5 aromatic carbocycles. The third kappa shape index (κ3) is 3.07. The van der Waals surface area contributed by atoms with Crippen LogP contribution in [0.3, 0.4) is 0 Å². The molecule has 2 aromatic heterocycles. The standard InChI is InChI=1S/C36H26N2/c1-3-11-25(12-4-1)26-19-21-28(22-20-26)38-34-18-10-8-16-30(34)32-24-23-31-29-15-7-9-17-33(29)37(35(31)36(32)38)27-13-5-2-6-14-27/h2-3,5-24H,1,4H2. The van der Waals surface area contributed by atoms with E-state index in [9.17, 15) is 0 Å². The van der Waals surface area contributed by atoms with Crippen LogP contribution in [-0.4, -0.2) is 9.13 Å². The van der Waals surface area contributed by atoms with Gasteiger partial charge in [-0.15, -0.1) is 0 Å². The summed E-state index contributed by atoms with van der Waals surface area (Å²) in [5.41, 5.74) is 9.88. The Morgan fingerprint density at radius 2 is 1.00 bits per heavy atom. The largest absolute Gasteiger partial charge is 0.307 e. The summed E-state index contributed by atoms with van der Waals surface area (Å²) in [6.07, 6.45) is 9.12. The average molecular weight is 487 g/mol. The van der Waals surface area contributed by atoms with E-state index in [4.69, 9.17) is 0 Å². The van der Waals surface area contributed by atoms with Crippen LogP contribution in [-0.2, 0) is 0 Å². The molecule has 0 amide bonds. The predicted octanol–water partition coefficient (Wildman–Crippen LogP) is 9.61. The van der Waals surface area contributed by atoms with Crippen molar-refractivity contribution in [1.82, 2.24) is 9.13 Å². The summed E-state index contributed by atoms with van der Waals surface area (Å²) >= 11 is 0. The first-order chi connectivity index (χ1) is 18.9. The van der Waals surface area contributed by atoms with E-state index >= 15 is 0 Å². The lowest BCUT2D eigenvalue weighted by atomic mass is 9.99. The minimum absolute atomic E-state index is 1.11. The van der Waals surface area contributed by atoms with Gasteiger partial charge in [0.25, 0.3) is 0 Å². The number of nitrogens with zero attached hydrogens (tertiary/aromatic N) is 2. The second-order valence-electron chi connectivity index (χ2n) is 10.1. The number of rotatable bonds is 3. The molecule has 0 fully saturated rings. The molecule has 2 heterocycles. The van der Waals surface area contributed by atoms with Crippen molar-refractivity contribution in [2.45, 2.75) is 12.8 Å². The molecule has 0 unspecified atom stereocenters. The molecule has 7 aromatic rings. The van der Waals surface area contributed by atoms with E-state index in [0.717, 1.165) is 12.8 Å². The molecule has 0 atom stereocenters. The van der Waals surface area contributed by atoms with Crippen LogP contribution < -0.4 is 0 Å². The first-order valence-electron chi connectivity index (χ1n) is 13.4. The maximum atomic E-state index is 2.46. The molecule has 1 aliphatic carbocycles. The van der Waals surface area contributed by atoms with Crippen LogP contribution in [0.2, 0.25) is 0 Å². The number of benzene rings is 5. The Balaban J connectivity index is 1.51. The number of hydrogen-bond acceptors (Lipinski definition) is 0. The zero-order chi connectivity index (χ0) is 25.1. The van der Waals surface area contributed by atoms with Gasteiger partial charge in [-0.25, -0.2) is 0 Å². The number of fused-ring (bicyclic) bond motifs is 7. The summed E-state index contributed by atoms with van der Waals surface area (Å²) < 4.78 is 4.90. The summed E-state index contributed by atoms with van der Waals surface area (Å²) in [5.74, 6) is 0. The molecular weight excluding hydrogens is 460 g/mol. The Labute approximate surface area is 221 Å². The maximum absolute atomic E-state index is 2.46. The second kappa shape index (κ2) is 8.36. The fourth-order valence-electron chi connectivity index (χ4n) is 6.24. The lowest BCUT2D eigenvalue weighted by Gasteiger charge is -2.13. The van der Waals surface area contributed by atoms with E-state index in [1.165, 1.54) is 66.1 Å². The van der Waals surface area contributed by atoms with Crippen LogP contribution in [0, 0.1) is 0 Å². The van der Waals surface area contributed by atoms with Crippen molar-refractivity contribution in [2.24, 2.45) is 0 Å². The Hall–Kier alpha value is -4.82. The molecular formula is C36H26N2. The first-order valence-corrected chi connectivity index (χ1v) is 13.4. The number of para-hydroxylation sites is 3. The van der Waals surface area contributed by atoms with Gasteiger partial charge in [0.2, 0.25) is 0 Å². The molecule has 0 saturated carbocycles. The summed E-state index contributed by atoms with van der Waals surface area (Å²) in [6, 6.07) is 42.0. The van der Waals surface area contributed by atoms with Crippen LogP contribution in [0.4, 0.5) is 0 Å². The van der Waals surface area contributed by atoms with Crippen molar-refractivity contribution in [3.63, 3.8) is 0 Å². The minimum Gasteiger partial charge on any atom is -0.307 e. The number of allylic oxidation sites excluding steroid dienone is 4. The molecule has 38 heavy (non-hydrogen) atoms. The van der Waals surface area contributed by atoms with Crippen molar-refractivity contribution in [2.75, 3.05) is 0 Å². The van der Waals surface area contributed by atoms with Gasteiger partial charge in [0.15, 0.2) is 0 Å². The van der Waals surface area contributed by atoms with Gasteiger partial charge in [-0.2, -0.15) is 0 Å². The molecule has 2 heteroatoms. The van der Waals surface area contributed by atoms with E-state index in [0.29, 0.717) is 0 Å². The van der Waals surface area contributed by atoms with E-state index in [1.54, 1.807) is 0 Å². The first kappa shape index (κ1) is 21.3. The molecule has 0 bridgehead atoms. The smallest absolute Gasteiger partial charge is 0.0788 e. The third-order valence-electron chi connectivity index (χ3n) is 7.94. The van der Waals surface area contributed by atoms with Gasteiger partial charge in [0, 0.05) is 32.9 Å². The molecule has 1 aliphatic rings.